The second kappa shape index (κ2) is 11.3. The largest absolute Gasteiger partial charge is 0.447 e. The van der Waals surface area contributed by atoms with Crippen molar-refractivity contribution in [3.63, 3.8) is 0 Å². The van der Waals surface area contributed by atoms with Crippen LogP contribution in [0.2, 0.25) is 0 Å². The lowest BCUT2D eigenvalue weighted by Gasteiger charge is -2.46. The molecule has 0 N–H and O–H groups in total. The van der Waals surface area contributed by atoms with Crippen molar-refractivity contribution in [2.75, 3.05) is 39.9 Å². The van der Waals surface area contributed by atoms with Gasteiger partial charge in [-0.1, -0.05) is 19.3 Å². The van der Waals surface area contributed by atoms with Crippen LogP contribution in [0.3, 0.4) is 0 Å². The normalized spacial score (nSPS) is 23.0. The Morgan fingerprint density at radius 1 is 0.900 bits per heavy atom. The molecule has 0 unspecified atom stereocenters. The molecule has 0 spiro atoms. The zero-order valence-corrected chi connectivity index (χ0v) is 19.2. The number of piperidine rings is 2. The summed E-state index contributed by atoms with van der Waals surface area (Å²) in [6, 6.07) is 1.27. The topological polar surface area (TPSA) is 62.3 Å². The van der Waals surface area contributed by atoms with Crippen LogP contribution in [-0.4, -0.2) is 90.8 Å². The number of nitrogens with zero attached hydrogens (tertiary/aromatic N) is 3. The third-order valence-corrected chi connectivity index (χ3v) is 6.99. The van der Waals surface area contributed by atoms with Crippen molar-refractivity contribution in [1.29, 1.82) is 0 Å². The quantitative estimate of drug-likeness (QED) is 0.656. The molecule has 0 bridgehead atoms. The van der Waals surface area contributed by atoms with Gasteiger partial charge in [0, 0.05) is 51.4 Å². The molecule has 1 aliphatic carbocycles. The maximum absolute atomic E-state index is 12.8. The molecule has 2 aliphatic heterocycles. The summed E-state index contributed by atoms with van der Waals surface area (Å²) in [7, 11) is 1.61. The van der Waals surface area contributed by atoms with E-state index in [-0.39, 0.29) is 24.7 Å². The molecule has 3 aliphatic rings. The fourth-order valence-corrected chi connectivity index (χ4v) is 5.48. The van der Waals surface area contributed by atoms with Crippen LogP contribution in [0.5, 0.6) is 0 Å². The van der Waals surface area contributed by atoms with Gasteiger partial charge in [-0.05, 0) is 52.4 Å². The second-order valence-corrected chi connectivity index (χ2v) is 9.44. The lowest BCUT2D eigenvalue weighted by Crippen LogP contribution is -2.55. The minimum absolute atomic E-state index is 0.0674. The second-order valence-electron chi connectivity index (χ2n) is 9.44. The maximum atomic E-state index is 12.8. The molecule has 3 fully saturated rings. The number of likely N-dealkylation sites (tertiary alicyclic amines) is 2. The van der Waals surface area contributed by atoms with E-state index in [0.29, 0.717) is 18.1 Å². The molecule has 7 nitrogen and oxygen atoms in total. The molecule has 0 aromatic rings. The van der Waals surface area contributed by atoms with Gasteiger partial charge >= 0.3 is 6.09 Å². The average molecular weight is 424 g/mol. The first-order valence-corrected chi connectivity index (χ1v) is 12.0. The van der Waals surface area contributed by atoms with Crippen LogP contribution in [0.15, 0.2) is 0 Å². The fraction of sp³-hybridized carbons (Fsp3) is 0.913. The first kappa shape index (κ1) is 23.3. The lowest BCUT2D eigenvalue weighted by molar-refractivity contribution is -0.142. The molecule has 0 aromatic heterocycles. The van der Waals surface area contributed by atoms with Crippen molar-refractivity contribution < 1.29 is 19.1 Å². The van der Waals surface area contributed by atoms with Gasteiger partial charge in [0.1, 0.15) is 6.61 Å². The SMILES string of the molecule is COCC(=O)N(C1CCCCC1)C1CCN(C2CCN(C(=O)OC(C)C)CC2)CC1. The van der Waals surface area contributed by atoms with E-state index in [0.717, 1.165) is 64.7 Å². The molecule has 0 radical (unpaired) electrons. The van der Waals surface area contributed by atoms with Crippen molar-refractivity contribution in [2.24, 2.45) is 0 Å². The Labute approximate surface area is 182 Å². The summed E-state index contributed by atoms with van der Waals surface area (Å²) >= 11 is 0. The smallest absolute Gasteiger partial charge is 0.410 e. The zero-order valence-electron chi connectivity index (χ0n) is 19.2. The third kappa shape index (κ3) is 6.10. The Morgan fingerprint density at radius 3 is 2.07 bits per heavy atom. The van der Waals surface area contributed by atoms with Gasteiger partial charge < -0.3 is 24.2 Å². The molecule has 30 heavy (non-hydrogen) atoms. The number of carbonyl (C=O) groups excluding carboxylic acids is 2. The molecule has 2 saturated heterocycles. The van der Waals surface area contributed by atoms with Crippen LogP contribution in [0, 0.1) is 0 Å². The van der Waals surface area contributed by atoms with E-state index in [4.69, 9.17) is 9.47 Å². The van der Waals surface area contributed by atoms with Gasteiger partial charge in [0.25, 0.3) is 0 Å². The standard InChI is InChI=1S/C23H41N3O4/c1-18(2)30-23(28)25-15-9-19(10-16-25)24-13-11-21(12-14-24)26(22(27)17-29-3)20-7-5-4-6-8-20/h18-21H,4-17H2,1-3H3. The van der Waals surface area contributed by atoms with E-state index in [1.165, 1.54) is 19.3 Å². The Hall–Kier alpha value is -1.34. The van der Waals surface area contributed by atoms with Crippen LogP contribution in [0.25, 0.3) is 0 Å². The molecule has 2 heterocycles. The summed E-state index contributed by atoms with van der Waals surface area (Å²) in [6.07, 6.45) is 9.90. The molecule has 172 valence electrons. The number of hydrogen-bond donors (Lipinski definition) is 0. The highest BCUT2D eigenvalue weighted by atomic mass is 16.6. The van der Waals surface area contributed by atoms with Gasteiger partial charge in [-0.25, -0.2) is 4.79 Å². The van der Waals surface area contributed by atoms with Crippen molar-refractivity contribution >= 4 is 12.0 Å². The summed E-state index contributed by atoms with van der Waals surface area (Å²) in [5, 5.41) is 0. The van der Waals surface area contributed by atoms with Gasteiger partial charge in [0.05, 0.1) is 6.10 Å². The summed E-state index contributed by atoms with van der Waals surface area (Å²) < 4.78 is 10.5. The number of ether oxygens (including phenoxy) is 2. The summed E-state index contributed by atoms with van der Waals surface area (Å²) in [5.74, 6) is 0.167. The third-order valence-electron chi connectivity index (χ3n) is 6.99. The summed E-state index contributed by atoms with van der Waals surface area (Å²) in [6.45, 7) is 7.60. The van der Waals surface area contributed by atoms with E-state index >= 15 is 0 Å². The van der Waals surface area contributed by atoms with Crippen molar-refractivity contribution in [3.05, 3.63) is 0 Å². The number of carbonyl (C=O) groups is 2. The molecular formula is C23H41N3O4. The lowest BCUT2D eigenvalue weighted by atomic mass is 9.90. The fourth-order valence-electron chi connectivity index (χ4n) is 5.48. The van der Waals surface area contributed by atoms with E-state index in [2.05, 4.69) is 9.80 Å². The van der Waals surface area contributed by atoms with Gasteiger partial charge in [0.15, 0.2) is 0 Å². The van der Waals surface area contributed by atoms with Crippen LogP contribution >= 0.6 is 0 Å². The Balaban J connectivity index is 1.49. The molecular weight excluding hydrogens is 382 g/mol. The molecule has 0 aromatic carbocycles. The predicted octanol–water partition coefficient (Wildman–Crippen LogP) is 3.27. The molecule has 7 heteroatoms. The Kier molecular flexibility index (Phi) is 8.81. The van der Waals surface area contributed by atoms with Crippen LogP contribution in [0.1, 0.15) is 71.6 Å². The minimum atomic E-state index is -0.179. The van der Waals surface area contributed by atoms with Crippen molar-refractivity contribution in [2.45, 2.75) is 95.9 Å². The van der Waals surface area contributed by atoms with E-state index in [1.54, 1.807) is 7.11 Å². The van der Waals surface area contributed by atoms with Crippen molar-refractivity contribution in [1.82, 2.24) is 14.7 Å². The first-order valence-electron chi connectivity index (χ1n) is 12.0. The molecule has 3 rings (SSSR count). The minimum Gasteiger partial charge on any atom is -0.447 e. The predicted molar refractivity (Wildman–Crippen MR) is 116 cm³/mol. The van der Waals surface area contributed by atoms with Gasteiger partial charge in [-0.3, -0.25) is 4.79 Å². The highest BCUT2D eigenvalue weighted by Gasteiger charge is 2.36. The van der Waals surface area contributed by atoms with Crippen LogP contribution in [0.4, 0.5) is 4.79 Å². The highest BCUT2D eigenvalue weighted by molar-refractivity contribution is 5.78. The van der Waals surface area contributed by atoms with E-state index < -0.39 is 0 Å². The first-order chi connectivity index (χ1) is 14.5. The Morgan fingerprint density at radius 2 is 1.50 bits per heavy atom. The molecule has 1 saturated carbocycles. The monoisotopic (exact) mass is 423 g/mol. The number of amides is 2. The number of hydrogen-bond acceptors (Lipinski definition) is 5. The average Bonchev–Trinajstić information content (AvgIpc) is 2.75. The maximum Gasteiger partial charge on any atom is 0.410 e. The zero-order chi connectivity index (χ0) is 21.5. The summed E-state index contributed by atoms with van der Waals surface area (Å²) in [5.41, 5.74) is 0. The van der Waals surface area contributed by atoms with E-state index in [9.17, 15) is 9.59 Å². The van der Waals surface area contributed by atoms with Crippen LogP contribution < -0.4 is 0 Å². The van der Waals surface area contributed by atoms with E-state index in [1.807, 2.05) is 18.7 Å². The summed E-state index contributed by atoms with van der Waals surface area (Å²) in [4.78, 5) is 31.6. The van der Waals surface area contributed by atoms with Crippen molar-refractivity contribution in [3.8, 4) is 0 Å². The van der Waals surface area contributed by atoms with Crippen LogP contribution in [-0.2, 0) is 14.3 Å². The Bertz CT molecular complexity index is 549. The van der Waals surface area contributed by atoms with Gasteiger partial charge in [-0.2, -0.15) is 0 Å². The van der Waals surface area contributed by atoms with Gasteiger partial charge in [-0.15, -0.1) is 0 Å². The number of methoxy groups -OCH3 is 1. The molecule has 0 atom stereocenters. The van der Waals surface area contributed by atoms with Gasteiger partial charge in [0.2, 0.25) is 5.91 Å². The number of rotatable bonds is 6. The molecule has 2 amide bonds. The highest BCUT2D eigenvalue weighted by Crippen LogP contribution is 2.29.